The van der Waals surface area contributed by atoms with E-state index in [0.717, 1.165) is 5.56 Å². The molecule has 1 aliphatic rings. The Balaban J connectivity index is 1.70. The molecule has 1 heterocycles. The summed E-state index contributed by atoms with van der Waals surface area (Å²) in [5.41, 5.74) is 1.90. The number of rotatable bonds is 5. The number of hydrogen-bond acceptors (Lipinski definition) is 4. The van der Waals surface area contributed by atoms with Gasteiger partial charge in [0.2, 0.25) is 11.8 Å². The molecule has 2 atom stereocenters. The van der Waals surface area contributed by atoms with Gasteiger partial charge in [0, 0.05) is 12.6 Å². The van der Waals surface area contributed by atoms with E-state index in [4.69, 9.17) is 4.74 Å². The minimum Gasteiger partial charge on any atom is -0.479 e. The van der Waals surface area contributed by atoms with Crippen molar-refractivity contribution in [3.63, 3.8) is 0 Å². The first-order chi connectivity index (χ1) is 12.9. The van der Waals surface area contributed by atoms with Crippen molar-refractivity contribution in [1.82, 2.24) is 5.32 Å². The lowest BCUT2D eigenvalue weighted by atomic mass is 10.0. The Hall–Kier alpha value is -3.35. The number of hydrogen-bond donors (Lipinski definition) is 3. The van der Waals surface area contributed by atoms with Crippen LogP contribution in [-0.4, -0.2) is 23.8 Å². The Morgan fingerprint density at radius 3 is 2.63 bits per heavy atom. The van der Waals surface area contributed by atoms with E-state index < -0.39 is 12.1 Å². The molecule has 27 heavy (non-hydrogen) atoms. The number of amides is 3. The summed E-state index contributed by atoms with van der Waals surface area (Å²) in [5, 5.41) is 8.33. The topological polar surface area (TPSA) is 96.5 Å². The quantitative estimate of drug-likeness (QED) is 0.757. The number of ether oxygens (including phenoxy) is 1. The molecule has 2 aromatic rings. The second-order valence-corrected chi connectivity index (χ2v) is 6.38. The van der Waals surface area contributed by atoms with Crippen LogP contribution in [0.25, 0.3) is 0 Å². The molecule has 0 saturated heterocycles. The van der Waals surface area contributed by atoms with E-state index >= 15 is 0 Å². The lowest BCUT2D eigenvalue weighted by Gasteiger charge is -2.24. The second-order valence-electron chi connectivity index (χ2n) is 6.38. The Morgan fingerprint density at radius 1 is 1.19 bits per heavy atom. The van der Waals surface area contributed by atoms with Crippen LogP contribution in [0.3, 0.4) is 0 Å². The first-order valence-electron chi connectivity index (χ1n) is 8.66. The van der Waals surface area contributed by atoms with Crippen molar-refractivity contribution in [3.05, 3.63) is 54.1 Å². The summed E-state index contributed by atoms with van der Waals surface area (Å²) in [5.74, 6) is -0.144. The van der Waals surface area contributed by atoms with Crippen LogP contribution in [0.15, 0.2) is 48.5 Å². The van der Waals surface area contributed by atoms with Gasteiger partial charge in [-0.3, -0.25) is 14.4 Å². The van der Waals surface area contributed by atoms with E-state index in [1.165, 1.54) is 6.92 Å². The third-order valence-corrected chi connectivity index (χ3v) is 4.16. The van der Waals surface area contributed by atoms with Gasteiger partial charge in [0.25, 0.3) is 5.91 Å². The van der Waals surface area contributed by atoms with Crippen LogP contribution in [0.4, 0.5) is 11.4 Å². The van der Waals surface area contributed by atoms with Gasteiger partial charge in [-0.1, -0.05) is 30.3 Å². The van der Waals surface area contributed by atoms with Crippen LogP contribution in [0.1, 0.15) is 31.9 Å². The Bertz CT molecular complexity index is 867. The average molecular weight is 367 g/mol. The summed E-state index contributed by atoms with van der Waals surface area (Å²) in [4.78, 5) is 35.7. The molecule has 140 valence electrons. The molecule has 0 unspecified atom stereocenters. The molecule has 1 aliphatic heterocycles. The first kappa shape index (κ1) is 18.4. The molecule has 0 aliphatic carbocycles. The van der Waals surface area contributed by atoms with E-state index in [2.05, 4.69) is 16.0 Å². The van der Waals surface area contributed by atoms with Crippen molar-refractivity contribution >= 4 is 29.1 Å². The van der Waals surface area contributed by atoms with Crippen molar-refractivity contribution < 1.29 is 19.1 Å². The lowest BCUT2D eigenvalue weighted by Crippen LogP contribution is -2.34. The van der Waals surface area contributed by atoms with Gasteiger partial charge in [-0.25, -0.2) is 0 Å². The van der Waals surface area contributed by atoms with Gasteiger partial charge in [-0.05, 0) is 30.7 Å². The van der Waals surface area contributed by atoms with Crippen molar-refractivity contribution in [2.45, 2.75) is 32.4 Å². The highest BCUT2D eigenvalue weighted by Gasteiger charge is 2.24. The molecule has 7 nitrogen and oxygen atoms in total. The zero-order valence-corrected chi connectivity index (χ0v) is 15.1. The maximum atomic E-state index is 12.5. The molecular formula is C20H21N3O4. The fourth-order valence-electron chi connectivity index (χ4n) is 2.87. The predicted molar refractivity (Wildman–Crippen MR) is 101 cm³/mol. The van der Waals surface area contributed by atoms with E-state index in [-0.39, 0.29) is 24.1 Å². The molecule has 0 radical (unpaired) electrons. The normalized spacial score (nSPS) is 16.4. The Kier molecular flexibility index (Phi) is 5.40. The van der Waals surface area contributed by atoms with Crippen LogP contribution in [0.2, 0.25) is 0 Å². The van der Waals surface area contributed by atoms with Gasteiger partial charge in [-0.15, -0.1) is 0 Å². The molecular weight excluding hydrogens is 346 g/mol. The van der Waals surface area contributed by atoms with E-state index in [1.807, 2.05) is 30.3 Å². The largest absolute Gasteiger partial charge is 0.479 e. The van der Waals surface area contributed by atoms with Crippen molar-refractivity contribution in [2.75, 3.05) is 10.6 Å². The van der Waals surface area contributed by atoms with Gasteiger partial charge in [0.1, 0.15) is 5.75 Å². The Labute approximate surface area is 157 Å². The maximum absolute atomic E-state index is 12.5. The molecule has 3 N–H and O–H groups in total. The van der Waals surface area contributed by atoms with E-state index in [0.29, 0.717) is 17.1 Å². The van der Waals surface area contributed by atoms with E-state index in [9.17, 15) is 14.4 Å². The lowest BCUT2D eigenvalue weighted by molar-refractivity contribution is -0.123. The molecule has 2 aromatic carbocycles. The van der Waals surface area contributed by atoms with Crippen molar-refractivity contribution in [2.24, 2.45) is 0 Å². The summed E-state index contributed by atoms with van der Waals surface area (Å²) in [7, 11) is 0. The molecule has 7 heteroatoms. The van der Waals surface area contributed by atoms with Crippen molar-refractivity contribution in [1.29, 1.82) is 0 Å². The minimum atomic E-state index is -0.553. The second kappa shape index (κ2) is 7.90. The van der Waals surface area contributed by atoms with Gasteiger partial charge in [0.15, 0.2) is 6.10 Å². The zero-order chi connectivity index (χ0) is 19.4. The number of carbonyl (C=O) groups excluding carboxylic acids is 3. The van der Waals surface area contributed by atoms with Crippen LogP contribution in [0.5, 0.6) is 5.75 Å². The molecule has 3 rings (SSSR count). The van der Waals surface area contributed by atoms with Gasteiger partial charge >= 0.3 is 0 Å². The van der Waals surface area contributed by atoms with Crippen LogP contribution < -0.4 is 20.7 Å². The number of fused-ring (bicyclic) bond motifs is 1. The standard InChI is InChI=1S/C20H21N3O4/c1-12-20(26)23-17-10-15(8-9-18(17)27-12)22-19(25)11-16(21-13(2)24)14-6-4-3-5-7-14/h3-10,12,16H,11H2,1-2H3,(H,21,24)(H,22,25)(H,23,26)/t12-,16-/m0/s1. The molecule has 0 spiro atoms. The summed E-state index contributed by atoms with van der Waals surface area (Å²) in [6.45, 7) is 3.08. The van der Waals surface area contributed by atoms with E-state index in [1.54, 1.807) is 25.1 Å². The minimum absolute atomic E-state index is 0.0839. The zero-order valence-electron chi connectivity index (χ0n) is 15.1. The molecule has 0 saturated carbocycles. The van der Waals surface area contributed by atoms with Gasteiger partial charge < -0.3 is 20.7 Å². The number of benzene rings is 2. The van der Waals surface area contributed by atoms with Crippen LogP contribution in [0, 0.1) is 0 Å². The smallest absolute Gasteiger partial charge is 0.265 e. The van der Waals surface area contributed by atoms with Gasteiger partial charge in [0.05, 0.1) is 18.2 Å². The maximum Gasteiger partial charge on any atom is 0.265 e. The molecule has 3 amide bonds. The molecule has 0 fully saturated rings. The van der Waals surface area contributed by atoms with Gasteiger partial charge in [-0.2, -0.15) is 0 Å². The summed E-state index contributed by atoms with van der Waals surface area (Å²) >= 11 is 0. The van der Waals surface area contributed by atoms with Crippen LogP contribution >= 0.6 is 0 Å². The molecule has 0 bridgehead atoms. The van der Waals surface area contributed by atoms with Crippen molar-refractivity contribution in [3.8, 4) is 5.75 Å². The highest BCUT2D eigenvalue weighted by Crippen LogP contribution is 2.32. The number of nitrogens with one attached hydrogen (secondary N) is 3. The summed E-state index contributed by atoms with van der Waals surface area (Å²) in [6.07, 6.45) is -0.470. The SMILES string of the molecule is CC(=O)N[C@@H](CC(=O)Nc1ccc2c(c1)NC(=O)[C@H](C)O2)c1ccccc1. The summed E-state index contributed by atoms with van der Waals surface area (Å²) < 4.78 is 5.50. The third kappa shape index (κ3) is 4.63. The number of anilines is 2. The Morgan fingerprint density at radius 2 is 1.93 bits per heavy atom. The van der Waals surface area contributed by atoms with Crippen LogP contribution in [-0.2, 0) is 14.4 Å². The average Bonchev–Trinajstić information content (AvgIpc) is 2.63. The monoisotopic (exact) mass is 367 g/mol. The highest BCUT2D eigenvalue weighted by molar-refractivity contribution is 5.99. The molecule has 0 aromatic heterocycles. The first-order valence-corrected chi connectivity index (χ1v) is 8.66. The fourth-order valence-corrected chi connectivity index (χ4v) is 2.87. The fraction of sp³-hybridized carbons (Fsp3) is 0.250. The predicted octanol–water partition coefficient (Wildman–Crippen LogP) is 2.61. The highest BCUT2D eigenvalue weighted by atomic mass is 16.5. The number of carbonyl (C=O) groups is 3. The summed E-state index contributed by atoms with van der Waals surface area (Å²) in [6, 6.07) is 13.9. The third-order valence-electron chi connectivity index (χ3n) is 4.16.